The van der Waals surface area contributed by atoms with E-state index in [0.717, 1.165) is 76.1 Å². The summed E-state index contributed by atoms with van der Waals surface area (Å²) in [6.45, 7) is 5.64. The number of rotatable bonds is 4. The van der Waals surface area contributed by atoms with Crippen LogP contribution in [0.15, 0.2) is 10.9 Å². The molecule has 0 spiro atoms. The Hall–Kier alpha value is -1.24. The van der Waals surface area contributed by atoms with E-state index in [2.05, 4.69) is 14.9 Å². The zero-order valence-corrected chi connectivity index (χ0v) is 15.1. The highest BCUT2D eigenvalue weighted by molar-refractivity contribution is 5.22. The molecule has 0 radical (unpaired) electrons. The third kappa shape index (κ3) is 3.81. The number of aliphatic hydroxyl groups excluding tert-OH is 1. The molecule has 1 saturated heterocycles. The van der Waals surface area contributed by atoms with Crippen LogP contribution < -0.4 is 5.56 Å². The van der Waals surface area contributed by atoms with E-state index >= 15 is 0 Å². The van der Waals surface area contributed by atoms with Crippen molar-refractivity contribution in [2.75, 3.05) is 32.7 Å². The van der Waals surface area contributed by atoms with Gasteiger partial charge in [-0.2, -0.15) is 5.10 Å². The first-order valence-corrected chi connectivity index (χ1v) is 9.95. The van der Waals surface area contributed by atoms with Gasteiger partial charge in [-0.15, -0.1) is 0 Å². The first kappa shape index (κ1) is 17.2. The largest absolute Gasteiger partial charge is 0.391 e. The quantitative estimate of drug-likeness (QED) is 0.868. The van der Waals surface area contributed by atoms with Crippen molar-refractivity contribution in [3.8, 4) is 0 Å². The standard InChI is InChI=1S/C19H30N4O2/c24-18-7-2-1-6-17(18)22-11-8-21(9-12-22)10-13-23-19(25)14-15-4-3-5-16(15)20-23/h14,17-18,24H,1-13H2. The van der Waals surface area contributed by atoms with E-state index in [1.54, 1.807) is 10.7 Å². The number of hydrogen-bond acceptors (Lipinski definition) is 5. The van der Waals surface area contributed by atoms with Gasteiger partial charge in [0.15, 0.2) is 0 Å². The number of aromatic nitrogens is 2. The Bertz CT molecular complexity index is 651. The first-order valence-electron chi connectivity index (χ1n) is 9.95. The summed E-state index contributed by atoms with van der Waals surface area (Å²) in [4.78, 5) is 17.1. The van der Waals surface area contributed by atoms with Crippen molar-refractivity contribution in [2.45, 2.75) is 63.6 Å². The fourth-order valence-electron chi connectivity index (χ4n) is 4.67. The van der Waals surface area contributed by atoms with Gasteiger partial charge in [0.2, 0.25) is 0 Å². The summed E-state index contributed by atoms with van der Waals surface area (Å²) in [6, 6.07) is 2.15. The lowest BCUT2D eigenvalue weighted by Gasteiger charge is -2.42. The van der Waals surface area contributed by atoms with Gasteiger partial charge in [0.25, 0.3) is 5.56 Å². The minimum atomic E-state index is -0.144. The van der Waals surface area contributed by atoms with Crippen LogP contribution in [0.4, 0.5) is 0 Å². The van der Waals surface area contributed by atoms with E-state index < -0.39 is 0 Å². The molecule has 1 aromatic rings. The van der Waals surface area contributed by atoms with Gasteiger partial charge in [-0.25, -0.2) is 4.68 Å². The van der Waals surface area contributed by atoms with Gasteiger partial charge in [0.05, 0.1) is 18.3 Å². The monoisotopic (exact) mass is 346 g/mol. The van der Waals surface area contributed by atoms with Crippen LogP contribution in [-0.2, 0) is 19.4 Å². The molecule has 2 fully saturated rings. The minimum Gasteiger partial charge on any atom is -0.391 e. The molecule has 0 bridgehead atoms. The minimum absolute atomic E-state index is 0.0459. The summed E-state index contributed by atoms with van der Waals surface area (Å²) >= 11 is 0. The lowest BCUT2D eigenvalue weighted by Crippen LogP contribution is -2.54. The summed E-state index contributed by atoms with van der Waals surface area (Å²) in [5.41, 5.74) is 2.32. The first-order chi connectivity index (χ1) is 12.2. The Balaban J connectivity index is 1.29. The molecule has 2 heterocycles. The number of piperazine rings is 1. The highest BCUT2D eigenvalue weighted by Gasteiger charge is 2.30. The van der Waals surface area contributed by atoms with Crippen molar-refractivity contribution in [1.29, 1.82) is 0 Å². The van der Waals surface area contributed by atoms with Crippen molar-refractivity contribution in [1.82, 2.24) is 19.6 Å². The third-order valence-electron chi connectivity index (χ3n) is 6.22. The van der Waals surface area contributed by atoms with Crippen LogP contribution in [0, 0.1) is 0 Å². The highest BCUT2D eigenvalue weighted by Crippen LogP contribution is 2.24. The Labute approximate surface area is 149 Å². The van der Waals surface area contributed by atoms with Gasteiger partial charge in [0.1, 0.15) is 0 Å². The van der Waals surface area contributed by atoms with Gasteiger partial charge >= 0.3 is 0 Å². The molecule has 25 heavy (non-hydrogen) atoms. The molecule has 4 rings (SSSR count). The molecule has 2 atom stereocenters. The van der Waals surface area contributed by atoms with Gasteiger partial charge in [0, 0.05) is 44.8 Å². The predicted octanol–water partition coefficient (Wildman–Crippen LogP) is 0.653. The zero-order valence-electron chi connectivity index (χ0n) is 15.1. The van der Waals surface area contributed by atoms with Crippen molar-refractivity contribution in [2.24, 2.45) is 0 Å². The van der Waals surface area contributed by atoms with Crippen LogP contribution in [-0.4, -0.2) is 69.6 Å². The summed E-state index contributed by atoms with van der Waals surface area (Å²) in [5.74, 6) is 0. The maximum atomic E-state index is 12.2. The van der Waals surface area contributed by atoms with Crippen LogP contribution in [0.1, 0.15) is 43.4 Å². The van der Waals surface area contributed by atoms with E-state index in [4.69, 9.17) is 0 Å². The van der Waals surface area contributed by atoms with Crippen molar-refractivity contribution in [3.05, 3.63) is 27.7 Å². The summed E-state index contributed by atoms with van der Waals surface area (Å²) in [6.07, 6.45) is 7.50. The van der Waals surface area contributed by atoms with Gasteiger partial charge < -0.3 is 5.11 Å². The van der Waals surface area contributed by atoms with E-state index in [9.17, 15) is 9.90 Å². The van der Waals surface area contributed by atoms with Crippen LogP contribution in [0.3, 0.4) is 0 Å². The van der Waals surface area contributed by atoms with Crippen molar-refractivity contribution >= 4 is 0 Å². The van der Waals surface area contributed by atoms with E-state index in [0.29, 0.717) is 12.6 Å². The molecule has 1 aliphatic heterocycles. The van der Waals surface area contributed by atoms with Crippen LogP contribution in [0.2, 0.25) is 0 Å². The SMILES string of the molecule is O=c1cc2c(nn1CCN1CCN(C3CCCCC3O)CC1)CCC2. The molecule has 1 N–H and O–H groups in total. The van der Waals surface area contributed by atoms with Gasteiger partial charge in [-0.05, 0) is 37.7 Å². The summed E-state index contributed by atoms with van der Waals surface area (Å²) in [7, 11) is 0. The second-order valence-electron chi connectivity index (χ2n) is 7.83. The molecule has 0 aromatic carbocycles. The molecule has 2 unspecified atom stereocenters. The molecular weight excluding hydrogens is 316 g/mol. The molecule has 3 aliphatic rings. The van der Waals surface area contributed by atoms with E-state index in [1.165, 1.54) is 12.8 Å². The molecule has 6 heteroatoms. The van der Waals surface area contributed by atoms with Crippen LogP contribution >= 0.6 is 0 Å². The van der Waals surface area contributed by atoms with Gasteiger partial charge in [-0.3, -0.25) is 14.6 Å². The lowest BCUT2D eigenvalue weighted by molar-refractivity contribution is -0.00405. The molecule has 1 saturated carbocycles. The average molecular weight is 346 g/mol. The molecule has 6 nitrogen and oxygen atoms in total. The number of hydrogen-bond donors (Lipinski definition) is 1. The fourth-order valence-corrected chi connectivity index (χ4v) is 4.67. The number of nitrogens with zero attached hydrogens (tertiary/aromatic N) is 4. The Morgan fingerprint density at radius 3 is 2.64 bits per heavy atom. The third-order valence-corrected chi connectivity index (χ3v) is 6.22. The van der Waals surface area contributed by atoms with Crippen molar-refractivity contribution in [3.63, 3.8) is 0 Å². The molecule has 0 amide bonds. The normalized spacial score (nSPS) is 28.2. The Morgan fingerprint density at radius 2 is 1.84 bits per heavy atom. The molecule has 1 aromatic heterocycles. The second-order valence-corrected chi connectivity index (χ2v) is 7.83. The topological polar surface area (TPSA) is 61.6 Å². The summed E-state index contributed by atoms with van der Waals surface area (Å²) < 4.78 is 1.65. The number of fused-ring (bicyclic) bond motifs is 1. The number of aliphatic hydroxyl groups is 1. The van der Waals surface area contributed by atoms with Gasteiger partial charge in [-0.1, -0.05) is 12.8 Å². The molecular formula is C19H30N4O2. The second kappa shape index (κ2) is 7.56. The maximum absolute atomic E-state index is 12.2. The van der Waals surface area contributed by atoms with E-state index in [1.807, 2.05) is 0 Å². The number of aryl methyl sites for hydroxylation is 2. The fraction of sp³-hybridized carbons (Fsp3) is 0.789. The van der Waals surface area contributed by atoms with Crippen LogP contribution in [0.5, 0.6) is 0 Å². The maximum Gasteiger partial charge on any atom is 0.267 e. The average Bonchev–Trinajstić information content (AvgIpc) is 3.08. The molecule has 2 aliphatic carbocycles. The Kier molecular flexibility index (Phi) is 5.20. The zero-order chi connectivity index (χ0) is 17.2. The summed E-state index contributed by atoms with van der Waals surface area (Å²) in [5, 5.41) is 14.8. The lowest BCUT2D eigenvalue weighted by atomic mass is 9.91. The van der Waals surface area contributed by atoms with E-state index in [-0.39, 0.29) is 11.7 Å². The van der Waals surface area contributed by atoms with Crippen LogP contribution in [0.25, 0.3) is 0 Å². The molecule has 138 valence electrons. The predicted molar refractivity (Wildman–Crippen MR) is 96.8 cm³/mol. The highest BCUT2D eigenvalue weighted by atomic mass is 16.3. The van der Waals surface area contributed by atoms with Crippen molar-refractivity contribution < 1.29 is 5.11 Å². The smallest absolute Gasteiger partial charge is 0.267 e. The Morgan fingerprint density at radius 1 is 1.04 bits per heavy atom.